The minimum Gasteiger partial charge on any atom is -0.329 e. The molecule has 2 nitrogen and oxygen atoms in total. The molecule has 1 atom stereocenters. The summed E-state index contributed by atoms with van der Waals surface area (Å²) >= 11 is 0. The van der Waals surface area contributed by atoms with Gasteiger partial charge in [0.25, 0.3) is 0 Å². The van der Waals surface area contributed by atoms with Crippen LogP contribution in [0.2, 0.25) is 0 Å². The van der Waals surface area contributed by atoms with Crippen molar-refractivity contribution in [2.24, 2.45) is 5.73 Å². The highest BCUT2D eigenvalue weighted by Crippen LogP contribution is 2.40. The molecular formula is C18H28N2. The first kappa shape index (κ1) is 14.1. The van der Waals surface area contributed by atoms with Gasteiger partial charge >= 0.3 is 0 Å². The van der Waals surface area contributed by atoms with Gasteiger partial charge in [0, 0.05) is 18.6 Å². The first-order valence-corrected chi connectivity index (χ1v) is 8.39. The van der Waals surface area contributed by atoms with Crippen molar-refractivity contribution in [3.8, 4) is 0 Å². The predicted molar refractivity (Wildman–Crippen MR) is 84.8 cm³/mol. The molecule has 20 heavy (non-hydrogen) atoms. The van der Waals surface area contributed by atoms with E-state index in [9.17, 15) is 0 Å². The smallest absolute Gasteiger partial charge is 0.0473 e. The molecule has 0 saturated heterocycles. The van der Waals surface area contributed by atoms with Crippen LogP contribution in [0.5, 0.6) is 0 Å². The van der Waals surface area contributed by atoms with Crippen LogP contribution in [0.25, 0.3) is 0 Å². The summed E-state index contributed by atoms with van der Waals surface area (Å²) in [6, 6.07) is 10.5. The van der Waals surface area contributed by atoms with E-state index in [1.807, 2.05) is 0 Å². The van der Waals surface area contributed by atoms with Crippen LogP contribution in [0.15, 0.2) is 24.3 Å². The second-order valence-corrected chi connectivity index (χ2v) is 6.46. The van der Waals surface area contributed by atoms with E-state index in [0.29, 0.717) is 6.04 Å². The summed E-state index contributed by atoms with van der Waals surface area (Å²) < 4.78 is 0. The van der Waals surface area contributed by atoms with Gasteiger partial charge in [0.05, 0.1) is 0 Å². The van der Waals surface area contributed by atoms with Gasteiger partial charge in [-0.25, -0.2) is 0 Å². The molecular weight excluding hydrogens is 244 g/mol. The molecule has 2 heteroatoms. The van der Waals surface area contributed by atoms with Gasteiger partial charge in [0.2, 0.25) is 0 Å². The fourth-order valence-corrected chi connectivity index (χ4v) is 3.84. The van der Waals surface area contributed by atoms with Crippen molar-refractivity contribution in [3.05, 3.63) is 35.4 Å². The number of nitrogens with zero attached hydrogens (tertiary/aromatic N) is 1. The molecule has 1 unspecified atom stereocenters. The molecule has 1 aromatic carbocycles. The Bertz CT molecular complexity index is 416. The number of hydrogen-bond donors (Lipinski definition) is 1. The molecule has 110 valence electrons. The van der Waals surface area contributed by atoms with E-state index in [1.165, 1.54) is 49.7 Å². The molecule has 2 N–H and O–H groups in total. The van der Waals surface area contributed by atoms with Crippen LogP contribution in [0, 0.1) is 0 Å². The Hall–Kier alpha value is -0.860. The zero-order valence-electron chi connectivity index (χ0n) is 12.7. The van der Waals surface area contributed by atoms with Gasteiger partial charge in [-0.2, -0.15) is 0 Å². The minimum absolute atomic E-state index is 0.399. The van der Waals surface area contributed by atoms with E-state index in [0.717, 1.165) is 25.0 Å². The lowest BCUT2D eigenvalue weighted by Crippen LogP contribution is -2.40. The van der Waals surface area contributed by atoms with Crippen LogP contribution < -0.4 is 5.73 Å². The Morgan fingerprint density at radius 2 is 1.75 bits per heavy atom. The van der Waals surface area contributed by atoms with Crippen molar-refractivity contribution in [2.45, 2.75) is 63.5 Å². The van der Waals surface area contributed by atoms with Gasteiger partial charge in [-0.15, -0.1) is 0 Å². The highest BCUT2D eigenvalue weighted by atomic mass is 15.2. The van der Waals surface area contributed by atoms with Gasteiger partial charge < -0.3 is 5.73 Å². The molecule has 0 aromatic heterocycles. The second-order valence-electron chi connectivity index (χ2n) is 6.46. The van der Waals surface area contributed by atoms with Gasteiger partial charge in [0.15, 0.2) is 0 Å². The molecule has 0 amide bonds. The Balaban J connectivity index is 1.76. The lowest BCUT2D eigenvalue weighted by Gasteiger charge is -2.35. The summed E-state index contributed by atoms with van der Waals surface area (Å²) in [4.78, 5) is 2.64. The van der Waals surface area contributed by atoms with Gasteiger partial charge in [-0.1, -0.05) is 44.0 Å². The molecule has 0 bridgehead atoms. The molecule has 2 fully saturated rings. The van der Waals surface area contributed by atoms with Crippen LogP contribution in [-0.2, 0) is 0 Å². The molecule has 2 aliphatic rings. The van der Waals surface area contributed by atoms with Crippen molar-refractivity contribution in [1.29, 1.82) is 0 Å². The van der Waals surface area contributed by atoms with Crippen LogP contribution in [-0.4, -0.2) is 24.0 Å². The van der Waals surface area contributed by atoms with Crippen molar-refractivity contribution < 1.29 is 0 Å². The minimum atomic E-state index is 0.399. The van der Waals surface area contributed by atoms with E-state index in [2.05, 4.69) is 36.1 Å². The molecule has 3 rings (SSSR count). The number of hydrogen-bond acceptors (Lipinski definition) is 2. The zero-order chi connectivity index (χ0) is 13.9. The Morgan fingerprint density at radius 3 is 2.25 bits per heavy atom. The highest BCUT2D eigenvalue weighted by Gasteiger charge is 2.28. The van der Waals surface area contributed by atoms with Crippen molar-refractivity contribution in [2.75, 3.05) is 13.1 Å². The van der Waals surface area contributed by atoms with Crippen molar-refractivity contribution >= 4 is 0 Å². The molecule has 0 heterocycles. The fraction of sp³-hybridized carbons (Fsp3) is 0.667. The quantitative estimate of drug-likeness (QED) is 0.853. The maximum atomic E-state index is 6.12. The molecule has 0 spiro atoms. The van der Waals surface area contributed by atoms with Crippen LogP contribution >= 0.6 is 0 Å². The van der Waals surface area contributed by atoms with E-state index >= 15 is 0 Å². The number of nitrogens with two attached hydrogens (primary N) is 1. The lowest BCUT2D eigenvalue weighted by molar-refractivity contribution is 0.147. The predicted octanol–water partition coefficient (Wildman–Crippen LogP) is 3.83. The third-order valence-corrected chi connectivity index (χ3v) is 5.15. The van der Waals surface area contributed by atoms with Gasteiger partial charge in [-0.05, 0) is 49.3 Å². The van der Waals surface area contributed by atoms with E-state index in [-0.39, 0.29) is 0 Å². The average Bonchev–Trinajstić information content (AvgIpc) is 3.21. The fourth-order valence-electron chi connectivity index (χ4n) is 3.84. The average molecular weight is 272 g/mol. The first-order valence-electron chi connectivity index (χ1n) is 8.39. The lowest BCUT2D eigenvalue weighted by atomic mass is 10.00. The molecule has 2 aliphatic carbocycles. The van der Waals surface area contributed by atoms with Gasteiger partial charge in [0.1, 0.15) is 0 Å². The largest absolute Gasteiger partial charge is 0.329 e. The number of benzene rings is 1. The summed E-state index contributed by atoms with van der Waals surface area (Å²) in [6.07, 6.45) is 8.23. The molecule has 2 saturated carbocycles. The van der Waals surface area contributed by atoms with E-state index in [4.69, 9.17) is 5.73 Å². The van der Waals surface area contributed by atoms with Crippen LogP contribution in [0.1, 0.15) is 68.5 Å². The number of likely N-dealkylation sites (N-methyl/N-ethyl adjacent to an activating group) is 1. The van der Waals surface area contributed by atoms with Crippen molar-refractivity contribution in [3.63, 3.8) is 0 Å². The van der Waals surface area contributed by atoms with Crippen LogP contribution in [0.4, 0.5) is 0 Å². The molecule has 1 aromatic rings. The Kier molecular flexibility index (Phi) is 4.42. The highest BCUT2D eigenvalue weighted by molar-refractivity contribution is 5.30. The van der Waals surface area contributed by atoms with E-state index in [1.54, 1.807) is 0 Å². The zero-order valence-corrected chi connectivity index (χ0v) is 12.7. The topological polar surface area (TPSA) is 29.3 Å². The summed E-state index contributed by atoms with van der Waals surface area (Å²) in [5.41, 5.74) is 9.05. The molecule has 0 radical (unpaired) electrons. The summed E-state index contributed by atoms with van der Waals surface area (Å²) in [5, 5.41) is 0. The second kappa shape index (κ2) is 6.28. The van der Waals surface area contributed by atoms with E-state index < -0.39 is 0 Å². The summed E-state index contributed by atoms with van der Waals surface area (Å²) in [7, 11) is 0. The van der Waals surface area contributed by atoms with Crippen LogP contribution in [0.3, 0.4) is 0 Å². The summed E-state index contributed by atoms with van der Waals surface area (Å²) in [6.45, 7) is 4.11. The third-order valence-electron chi connectivity index (χ3n) is 5.15. The Labute approximate surface area is 123 Å². The van der Waals surface area contributed by atoms with Crippen molar-refractivity contribution in [1.82, 2.24) is 4.90 Å². The standard InChI is InChI=1S/C18H28N2/c1-2-20(17-5-3-4-6-17)18(13-19)16-11-9-15(10-12-16)14-7-8-14/h9-12,14,17-18H,2-8,13,19H2,1H3. The normalized spacial score (nSPS) is 21.6. The number of rotatable bonds is 6. The monoisotopic (exact) mass is 272 g/mol. The Morgan fingerprint density at radius 1 is 1.10 bits per heavy atom. The van der Waals surface area contributed by atoms with Gasteiger partial charge in [-0.3, -0.25) is 4.90 Å². The first-order chi connectivity index (χ1) is 9.83. The maximum absolute atomic E-state index is 6.12. The SMILES string of the molecule is CCN(C1CCCC1)C(CN)c1ccc(C2CC2)cc1. The summed E-state index contributed by atoms with van der Waals surface area (Å²) in [5.74, 6) is 0.845. The third kappa shape index (κ3) is 2.91. The maximum Gasteiger partial charge on any atom is 0.0473 e. The molecule has 0 aliphatic heterocycles.